The van der Waals surface area contributed by atoms with Crippen molar-refractivity contribution < 1.29 is 9.90 Å². The number of nitrogens with zero attached hydrogens (tertiary/aromatic N) is 1. The van der Waals surface area contributed by atoms with Gasteiger partial charge in [0.25, 0.3) is 0 Å². The maximum atomic E-state index is 11.5. The first-order valence-corrected chi connectivity index (χ1v) is 7.44. The number of rotatable bonds is 10. The van der Waals surface area contributed by atoms with Crippen LogP contribution in [0.4, 0.5) is 0 Å². The number of nitrogens with one attached hydrogen (secondary N) is 1. The lowest BCUT2D eigenvalue weighted by atomic mass is 9.92. The first kappa shape index (κ1) is 18.4. The van der Waals surface area contributed by atoms with Gasteiger partial charge < -0.3 is 10.0 Å². The molecule has 19 heavy (non-hydrogen) atoms. The zero-order valence-electron chi connectivity index (χ0n) is 13.5. The predicted molar refractivity (Wildman–Crippen MR) is 80.5 cm³/mol. The van der Waals surface area contributed by atoms with E-state index in [0.717, 1.165) is 6.54 Å². The van der Waals surface area contributed by atoms with Crippen molar-refractivity contribution in [3.63, 3.8) is 0 Å². The van der Waals surface area contributed by atoms with Gasteiger partial charge >= 0.3 is 5.97 Å². The first-order chi connectivity index (χ1) is 8.73. The molecule has 0 fully saturated rings. The van der Waals surface area contributed by atoms with Crippen LogP contribution in [0.25, 0.3) is 0 Å². The highest BCUT2D eigenvalue weighted by molar-refractivity contribution is 5.78. The van der Waals surface area contributed by atoms with E-state index in [9.17, 15) is 9.90 Å². The fourth-order valence-corrected chi connectivity index (χ4v) is 2.42. The minimum Gasteiger partial charge on any atom is -0.480 e. The van der Waals surface area contributed by atoms with Crippen molar-refractivity contribution in [2.45, 2.75) is 77.9 Å². The van der Waals surface area contributed by atoms with E-state index in [1.54, 1.807) is 6.92 Å². The lowest BCUT2D eigenvalue weighted by molar-refractivity contribution is -0.145. The molecule has 4 heteroatoms. The molecule has 0 aliphatic rings. The number of carbonyl (C=O) groups is 1. The monoisotopic (exact) mass is 272 g/mol. The van der Waals surface area contributed by atoms with Crippen molar-refractivity contribution in [3.8, 4) is 0 Å². The Kier molecular flexibility index (Phi) is 8.26. The summed E-state index contributed by atoms with van der Waals surface area (Å²) in [5, 5.41) is 12.6. The first-order valence-electron chi connectivity index (χ1n) is 7.44. The number of hydrogen-bond acceptors (Lipinski definition) is 3. The number of carboxylic acids is 1. The van der Waals surface area contributed by atoms with Gasteiger partial charge in [0, 0.05) is 12.1 Å². The summed E-state index contributed by atoms with van der Waals surface area (Å²) in [4.78, 5) is 13.8. The number of aliphatic carboxylic acids is 1. The number of hydrogen-bond donors (Lipinski definition) is 2. The molecular weight excluding hydrogens is 240 g/mol. The second-order valence-electron chi connectivity index (χ2n) is 6.18. The Morgan fingerprint density at radius 1 is 1.32 bits per heavy atom. The molecule has 0 rings (SSSR count). The molecule has 0 saturated heterocycles. The van der Waals surface area contributed by atoms with Crippen LogP contribution in [0.2, 0.25) is 0 Å². The van der Waals surface area contributed by atoms with E-state index < -0.39 is 11.5 Å². The van der Waals surface area contributed by atoms with Crippen LogP contribution in [0.1, 0.15) is 60.3 Å². The third kappa shape index (κ3) is 6.92. The summed E-state index contributed by atoms with van der Waals surface area (Å²) in [5.41, 5.74) is -0.855. The molecule has 0 heterocycles. The van der Waals surface area contributed by atoms with Gasteiger partial charge in [-0.15, -0.1) is 0 Å². The fraction of sp³-hybridized carbons (Fsp3) is 0.933. The molecule has 0 aliphatic heterocycles. The van der Waals surface area contributed by atoms with Crippen molar-refractivity contribution in [1.29, 1.82) is 0 Å². The Balaban J connectivity index is 4.45. The molecule has 2 unspecified atom stereocenters. The summed E-state index contributed by atoms with van der Waals surface area (Å²) in [6.07, 6.45) is 4.24. The maximum Gasteiger partial charge on any atom is 0.323 e. The lowest BCUT2D eigenvalue weighted by Gasteiger charge is -2.34. The van der Waals surface area contributed by atoms with Gasteiger partial charge in [-0.05, 0) is 54.1 Å². The summed E-state index contributed by atoms with van der Waals surface area (Å²) in [5.74, 6) is -0.769. The molecule has 0 bridgehead atoms. The molecule has 0 radical (unpaired) electrons. The highest BCUT2D eigenvalue weighted by Crippen LogP contribution is 2.17. The molecule has 0 aromatic heterocycles. The van der Waals surface area contributed by atoms with Crippen LogP contribution in [-0.4, -0.2) is 47.2 Å². The molecule has 2 atom stereocenters. The van der Waals surface area contributed by atoms with Gasteiger partial charge in [0.15, 0.2) is 0 Å². The summed E-state index contributed by atoms with van der Waals surface area (Å²) in [7, 11) is 2.08. The summed E-state index contributed by atoms with van der Waals surface area (Å²) < 4.78 is 0. The minimum absolute atomic E-state index is 0.165. The lowest BCUT2D eigenvalue weighted by Crippen LogP contribution is -2.55. The Morgan fingerprint density at radius 3 is 2.32 bits per heavy atom. The zero-order valence-corrected chi connectivity index (χ0v) is 13.5. The van der Waals surface area contributed by atoms with Gasteiger partial charge in [-0.3, -0.25) is 10.1 Å². The Morgan fingerprint density at radius 2 is 1.89 bits per heavy atom. The molecule has 0 aromatic carbocycles. The van der Waals surface area contributed by atoms with Crippen LogP contribution in [0, 0.1) is 0 Å². The normalized spacial score (nSPS) is 16.6. The van der Waals surface area contributed by atoms with Crippen molar-refractivity contribution in [3.05, 3.63) is 0 Å². The van der Waals surface area contributed by atoms with Gasteiger partial charge in [-0.2, -0.15) is 0 Å². The van der Waals surface area contributed by atoms with E-state index in [4.69, 9.17) is 0 Å². The van der Waals surface area contributed by atoms with Crippen molar-refractivity contribution in [2.24, 2.45) is 0 Å². The maximum absolute atomic E-state index is 11.5. The van der Waals surface area contributed by atoms with Gasteiger partial charge in [-0.25, -0.2) is 0 Å². The number of carboxylic acid groups (broad SMARTS) is 1. The summed E-state index contributed by atoms with van der Waals surface area (Å²) >= 11 is 0. The molecule has 114 valence electrons. The predicted octanol–water partition coefficient (Wildman–Crippen LogP) is 2.73. The van der Waals surface area contributed by atoms with Gasteiger partial charge in [0.05, 0.1) is 0 Å². The molecule has 0 spiro atoms. The topological polar surface area (TPSA) is 52.6 Å². The molecule has 0 amide bonds. The standard InChI is InChI=1S/C15H32N2O2/c1-7-8-9-10-17(6)13(4)11-15(5,14(18)19)16-12(2)3/h12-13,16H,7-11H2,1-6H3,(H,18,19). The molecule has 0 saturated carbocycles. The van der Waals surface area contributed by atoms with E-state index in [1.807, 2.05) is 13.8 Å². The van der Waals surface area contributed by atoms with Crippen LogP contribution in [0.3, 0.4) is 0 Å². The van der Waals surface area contributed by atoms with Gasteiger partial charge in [0.2, 0.25) is 0 Å². The SMILES string of the molecule is CCCCCN(C)C(C)CC(C)(NC(C)C)C(=O)O. The fourth-order valence-electron chi connectivity index (χ4n) is 2.42. The van der Waals surface area contributed by atoms with Gasteiger partial charge in [0.1, 0.15) is 5.54 Å². The second-order valence-corrected chi connectivity index (χ2v) is 6.18. The zero-order chi connectivity index (χ0) is 15.1. The van der Waals surface area contributed by atoms with Crippen molar-refractivity contribution in [1.82, 2.24) is 10.2 Å². The minimum atomic E-state index is -0.855. The number of unbranched alkanes of at least 4 members (excludes halogenated alkanes) is 2. The third-order valence-electron chi connectivity index (χ3n) is 3.65. The highest BCUT2D eigenvalue weighted by atomic mass is 16.4. The molecule has 0 aliphatic carbocycles. The van der Waals surface area contributed by atoms with E-state index in [0.29, 0.717) is 6.42 Å². The Labute approximate surface area is 118 Å². The van der Waals surface area contributed by atoms with E-state index in [2.05, 4.69) is 31.1 Å². The summed E-state index contributed by atoms with van der Waals surface area (Å²) in [6.45, 7) is 11.1. The molecule has 2 N–H and O–H groups in total. The third-order valence-corrected chi connectivity index (χ3v) is 3.65. The van der Waals surface area contributed by atoms with E-state index >= 15 is 0 Å². The van der Waals surface area contributed by atoms with Crippen molar-refractivity contribution in [2.75, 3.05) is 13.6 Å². The van der Waals surface area contributed by atoms with E-state index in [1.165, 1.54) is 19.3 Å². The van der Waals surface area contributed by atoms with Crippen LogP contribution in [0.15, 0.2) is 0 Å². The highest BCUT2D eigenvalue weighted by Gasteiger charge is 2.35. The average Bonchev–Trinajstić information content (AvgIpc) is 2.27. The van der Waals surface area contributed by atoms with Crippen molar-refractivity contribution >= 4 is 5.97 Å². The molecule has 0 aromatic rings. The molecule has 4 nitrogen and oxygen atoms in total. The largest absolute Gasteiger partial charge is 0.480 e. The second kappa shape index (κ2) is 8.54. The van der Waals surface area contributed by atoms with Crippen LogP contribution >= 0.6 is 0 Å². The van der Waals surface area contributed by atoms with Gasteiger partial charge in [-0.1, -0.05) is 19.8 Å². The quantitative estimate of drug-likeness (QED) is 0.600. The average molecular weight is 272 g/mol. The van der Waals surface area contributed by atoms with Crippen LogP contribution in [0.5, 0.6) is 0 Å². The Hall–Kier alpha value is -0.610. The van der Waals surface area contributed by atoms with Crippen LogP contribution < -0.4 is 5.32 Å². The molecular formula is C15H32N2O2. The van der Waals surface area contributed by atoms with Crippen LogP contribution in [-0.2, 0) is 4.79 Å². The summed E-state index contributed by atoms with van der Waals surface area (Å²) in [6, 6.07) is 0.419. The Bertz CT molecular complexity index is 269. The smallest absolute Gasteiger partial charge is 0.323 e. The van der Waals surface area contributed by atoms with E-state index in [-0.39, 0.29) is 12.1 Å².